The van der Waals surface area contributed by atoms with Crippen LogP contribution in [0.3, 0.4) is 0 Å². The van der Waals surface area contributed by atoms with E-state index in [0.717, 1.165) is 32.0 Å². The van der Waals surface area contributed by atoms with E-state index in [2.05, 4.69) is 20.5 Å². The summed E-state index contributed by atoms with van der Waals surface area (Å²) >= 11 is 0. The lowest BCUT2D eigenvalue weighted by Crippen LogP contribution is -2.50. The standard InChI is InChI=1S/C15H28F3N5/c1-19-14(20-7-10-22(2)11-15(16,17)18)21-12-5-8-23(9-6-12)13-3-4-13/h12-13H,3-11H2,1-2H3,(H2,19,20,21). The van der Waals surface area contributed by atoms with Gasteiger partial charge in [0.05, 0.1) is 6.54 Å². The Morgan fingerprint density at radius 2 is 1.87 bits per heavy atom. The highest BCUT2D eigenvalue weighted by molar-refractivity contribution is 5.79. The summed E-state index contributed by atoms with van der Waals surface area (Å²) in [5, 5.41) is 6.47. The fourth-order valence-electron chi connectivity index (χ4n) is 2.99. The molecule has 0 radical (unpaired) electrons. The van der Waals surface area contributed by atoms with E-state index in [9.17, 15) is 13.2 Å². The molecule has 0 bridgehead atoms. The monoisotopic (exact) mass is 335 g/mol. The van der Waals surface area contributed by atoms with Crippen molar-refractivity contribution in [3.63, 3.8) is 0 Å². The minimum absolute atomic E-state index is 0.320. The van der Waals surface area contributed by atoms with Gasteiger partial charge < -0.3 is 15.5 Å². The molecule has 5 nitrogen and oxygen atoms in total. The van der Waals surface area contributed by atoms with Crippen LogP contribution in [0, 0.1) is 0 Å². The summed E-state index contributed by atoms with van der Waals surface area (Å²) in [6.45, 7) is 2.11. The number of nitrogens with one attached hydrogen (secondary N) is 2. The van der Waals surface area contributed by atoms with Crippen LogP contribution in [0.4, 0.5) is 13.2 Å². The minimum Gasteiger partial charge on any atom is -0.355 e. The molecule has 2 rings (SSSR count). The van der Waals surface area contributed by atoms with Gasteiger partial charge in [0, 0.05) is 45.3 Å². The summed E-state index contributed by atoms with van der Waals surface area (Å²) in [5.41, 5.74) is 0. The third kappa shape index (κ3) is 6.95. The van der Waals surface area contributed by atoms with Crippen LogP contribution in [-0.2, 0) is 0 Å². The van der Waals surface area contributed by atoms with Crippen molar-refractivity contribution >= 4 is 5.96 Å². The molecule has 1 aliphatic heterocycles. The molecule has 1 saturated carbocycles. The van der Waals surface area contributed by atoms with Gasteiger partial charge in [0.1, 0.15) is 0 Å². The molecule has 2 fully saturated rings. The van der Waals surface area contributed by atoms with E-state index < -0.39 is 12.7 Å². The Morgan fingerprint density at radius 3 is 2.39 bits per heavy atom. The smallest absolute Gasteiger partial charge is 0.355 e. The van der Waals surface area contributed by atoms with Gasteiger partial charge in [-0.15, -0.1) is 0 Å². The number of halogens is 3. The Balaban J connectivity index is 1.62. The molecular weight excluding hydrogens is 307 g/mol. The average molecular weight is 335 g/mol. The number of guanidine groups is 1. The Hall–Kier alpha value is -1.02. The number of piperidine rings is 1. The summed E-state index contributed by atoms with van der Waals surface area (Å²) in [4.78, 5) is 7.97. The maximum atomic E-state index is 12.3. The third-order valence-corrected chi connectivity index (χ3v) is 4.39. The first-order chi connectivity index (χ1) is 10.9. The lowest BCUT2D eigenvalue weighted by Gasteiger charge is -2.33. The van der Waals surface area contributed by atoms with E-state index in [-0.39, 0.29) is 0 Å². The topological polar surface area (TPSA) is 42.9 Å². The zero-order valence-corrected chi connectivity index (χ0v) is 14.0. The molecule has 1 heterocycles. The van der Waals surface area contributed by atoms with Crippen molar-refractivity contribution in [1.29, 1.82) is 0 Å². The maximum absolute atomic E-state index is 12.3. The molecule has 0 spiro atoms. The van der Waals surface area contributed by atoms with Gasteiger partial charge in [0.2, 0.25) is 0 Å². The van der Waals surface area contributed by atoms with Crippen molar-refractivity contribution in [2.75, 3.05) is 46.8 Å². The number of aliphatic imine (C=N–C) groups is 1. The number of likely N-dealkylation sites (N-methyl/N-ethyl adjacent to an activating group) is 1. The maximum Gasteiger partial charge on any atom is 0.401 e. The largest absolute Gasteiger partial charge is 0.401 e. The normalized spacial score (nSPS) is 21.7. The van der Waals surface area contributed by atoms with E-state index in [0.29, 0.717) is 25.1 Å². The number of hydrogen-bond donors (Lipinski definition) is 2. The second-order valence-electron chi connectivity index (χ2n) is 6.54. The fraction of sp³-hybridized carbons (Fsp3) is 0.933. The van der Waals surface area contributed by atoms with Gasteiger partial charge in [-0.3, -0.25) is 9.89 Å². The SMILES string of the molecule is CN=C(NCCN(C)CC(F)(F)F)NC1CCN(C2CC2)CC1. The molecule has 23 heavy (non-hydrogen) atoms. The van der Waals surface area contributed by atoms with Crippen LogP contribution >= 0.6 is 0 Å². The predicted octanol–water partition coefficient (Wildman–Crippen LogP) is 1.27. The number of rotatable bonds is 6. The second kappa shape index (κ2) is 8.19. The highest BCUT2D eigenvalue weighted by Gasteiger charge is 2.32. The summed E-state index contributed by atoms with van der Waals surface area (Å²) in [7, 11) is 3.16. The summed E-state index contributed by atoms with van der Waals surface area (Å²) in [6, 6.07) is 1.21. The van der Waals surface area contributed by atoms with E-state index in [1.54, 1.807) is 7.05 Å². The van der Waals surface area contributed by atoms with Crippen molar-refractivity contribution in [3.8, 4) is 0 Å². The quantitative estimate of drug-likeness (QED) is 0.567. The van der Waals surface area contributed by atoms with E-state index in [1.807, 2.05) is 0 Å². The lowest BCUT2D eigenvalue weighted by atomic mass is 10.1. The van der Waals surface area contributed by atoms with Gasteiger partial charge in [-0.25, -0.2) is 0 Å². The van der Waals surface area contributed by atoms with Crippen LogP contribution in [0.15, 0.2) is 4.99 Å². The predicted molar refractivity (Wildman–Crippen MR) is 85.7 cm³/mol. The Labute approximate surface area is 136 Å². The number of likely N-dealkylation sites (tertiary alicyclic amines) is 1. The third-order valence-electron chi connectivity index (χ3n) is 4.39. The zero-order chi connectivity index (χ0) is 16.9. The molecule has 0 amide bonds. The van der Waals surface area contributed by atoms with Gasteiger partial charge in [-0.1, -0.05) is 0 Å². The summed E-state index contributed by atoms with van der Waals surface area (Å²) in [5.74, 6) is 0.676. The van der Waals surface area contributed by atoms with E-state index >= 15 is 0 Å². The van der Waals surface area contributed by atoms with Gasteiger partial charge in [-0.05, 0) is 32.7 Å². The first-order valence-electron chi connectivity index (χ1n) is 8.34. The molecule has 0 aromatic rings. The summed E-state index contributed by atoms with van der Waals surface area (Å²) < 4.78 is 36.8. The van der Waals surface area contributed by atoms with E-state index in [1.165, 1.54) is 24.8 Å². The van der Waals surface area contributed by atoms with E-state index in [4.69, 9.17) is 0 Å². The van der Waals surface area contributed by atoms with Crippen LogP contribution in [-0.4, -0.2) is 80.8 Å². The Kier molecular flexibility index (Phi) is 6.52. The number of nitrogens with zero attached hydrogens (tertiary/aromatic N) is 3. The van der Waals surface area contributed by atoms with Crippen molar-refractivity contribution in [2.45, 2.75) is 43.9 Å². The van der Waals surface area contributed by atoms with Crippen LogP contribution in [0.1, 0.15) is 25.7 Å². The zero-order valence-electron chi connectivity index (χ0n) is 14.0. The lowest BCUT2D eigenvalue weighted by molar-refractivity contribution is -0.142. The molecule has 1 saturated heterocycles. The number of alkyl halides is 3. The molecule has 134 valence electrons. The molecule has 2 N–H and O–H groups in total. The van der Waals surface area contributed by atoms with Crippen molar-refractivity contribution in [3.05, 3.63) is 0 Å². The van der Waals surface area contributed by atoms with Crippen LogP contribution in [0.2, 0.25) is 0 Å². The molecule has 8 heteroatoms. The Morgan fingerprint density at radius 1 is 1.22 bits per heavy atom. The van der Waals surface area contributed by atoms with Crippen LogP contribution < -0.4 is 10.6 Å². The Bertz CT molecular complexity index is 387. The second-order valence-corrected chi connectivity index (χ2v) is 6.54. The molecule has 0 aromatic heterocycles. The molecular formula is C15H28F3N5. The van der Waals surface area contributed by atoms with Gasteiger partial charge in [0.25, 0.3) is 0 Å². The number of hydrogen-bond acceptors (Lipinski definition) is 3. The molecule has 2 aliphatic rings. The highest BCUT2D eigenvalue weighted by Crippen LogP contribution is 2.29. The van der Waals surface area contributed by atoms with Crippen LogP contribution in [0.5, 0.6) is 0 Å². The van der Waals surface area contributed by atoms with Gasteiger partial charge >= 0.3 is 6.18 Å². The molecule has 0 unspecified atom stereocenters. The average Bonchev–Trinajstić information content (AvgIpc) is 3.29. The van der Waals surface area contributed by atoms with Gasteiger partial charge in [-0.2, -0.15) is 13.2 Å². The summed E-state index contributed by atoms with van der Waals surface area (Å²) in [6.07, 6.45) is 0.708. The van der Waals surface area contributed by atoms with Crippen molar-refractivity contribution in [2.24, 2.45) is 4.99 Å². The molecule has 1 aliphatic carbocycles. The van der Waals surface area contributed by atoms with Gasteiger partial charge in [0.15, 0.2) is 5.96 Å². The first-order valence-corrected chi connectivity index (χ1v) is 8.34. The fourth-order valence-corrected chi connectivity index (χ4v) is 2.99. The minimum atomic E-state index is -4.15. The van der Waals surface area contributed by atoms with Crippen LogP contribution in [0.25, 0.3) is 0 Å². The molecule has 0 aromatic carbocycles. The molecule has 0 atom stereocenters. The highest BCUT2D eigenvalue weighted by atomic mass is 19.4. The van der Waals surface area contributed by atoms with Crippen molar-refractivity contribution < 1.29 is 13.2 Å². The van der Waals surface area contributed by atoms with Crippen molar-refractivity contribution in [1.82, 2.24) is 20.4 Å². The first kappa shape index (κ1) is 18.3.